The Morgan fingerprint density at radius 3 is 2.60 bits per heavy atom. The molecule has 0 aromatic carbocycles. The van der Waals surface area contributed by atoms with Crippen molar-refractivity contribution in [2.45, 2.75) is 13.8 Å². The first-order valence-electron chi connectivity index (χ1n) is 5.85. The third-order valence-corrected chi connectivity index (χ3v) is 2.86. The molecule has 0 aromatic heterocycles. The van der Waals surface area contributed by atoms with Gasteiger partial charge in [0.1, 0.15) is 0 Å². The molecule has 0 aromatic rings. The lowest BCUT2D eigenvalue weighted by Gasteiger charge is -2.28. The number of morpholine rings is 1. The van der Waals surface area contributed by atoms with Crippen molar-refractivity contribution in [2.75, 3.05) is 52.5 Å². The van der Waals surface area contributed by atoms with E-state index < -0.39 is 0 Å². The van der Waals surface area contributed by atoms with Gasteiger partial charge in [0, 0.05) is 32.7 Å². The van der Waals surface area contributed by atoms with E-state index in [9.17, 15) is 0 Å². The minimum Gasteiger partial charge on any atom is -0.379 e. The van der Waals surface area contributed by atoms with Gasteiger partial charge in [-0.3, -0.25) is 4.90 Å². The van der Waals surface area contributed by atoms with Crippen molar-refractivity contribution in [3.63, 3.8) is 0 Å². The van der Waals surface area contributed by atoms with E-state index in [1.807, 2.05) is 0 Å². The number of rotatable bonds is 6. The summed E-state index contributed by atoms with van der Waals surface area (Å²) in [4.78, 5) is 2.44. The fraction of sp³-hybridized carbons (Fsp3) is 1.00. The molecule has 3 N–H and O–H groups in total. The van der Waals surface area contributed by atoms with E-state index in [1.54, 1.807) is 0 Å². The van der Waals surface area contributed by atoms with E-state index in [0.29, 0.717) is 0 Å². The van der Waals surface area contributed by atoms with Crippen LogP contribution in [0.5, 0.6) is 0 Å². The lowest BCUT2D eigenvalue weighted by molar-refractivity contribution is 0.0382. The summed E-state index contributed by atoms with van der Waals surface area (Å²) >= 11 is 0. The molecule has 0 radical (unpaired) electrons. The number of nitrogens with two attached hydrogens (primary N) is 1. The van der Waals surface area contributed by atoms with E-state index >= 15 is 0 Å². The maximum Gasteiger partial charge on any atom is 0.0594 e. The first-order chi connectivity index (χ1) is 7.14. The topological polar surface area (TPSA) is 50.5 Å². The minimum absolute atomic E-state index is 0.213. The average Bonchev–Trinajstić information content (AvgIpc) is 2.26. The fourth-order valence-electron chi connectivity index (χ4n) is 1.56. The Kier molecular flexibility index (Phi) is 5.53. The van der Waals surface area contributed by atoms with Gasteiger partial charge in [-0.25, -0.2) is 0 Å². The van der Waals surface area contributed by atoms with Gasteiger partial charge in [-0.05, 0) is 12.0 Å². The van der Waals surface area contributed by atoms with Gasteiger partial charge in [0.25, 0.3) is 0 Å². The molecule has 1 aliphatic heterocycles. The minimum atomic E-state index is 0.213. The highest BCUT2D eigenvalue weighted by molar-refractivity contribution is 4.72. The summed E-state index contributed by atoms with van der Waals surface area (Å²) in [5, 5.41) is 3.46. The summed E-state index contributed by atoms with van der Waals surface area (Å²) < 4.78 is 5.30. The quantitative estimate of drug-likeness (QED) is 0.607. The van der Waals surface area contributed by atoms with E-state index in [2.05, 4.69) is 24.1 Å². The Hall–Kier alpha value is -0.160. The van der Waals surface area contributed by atoms with E-state index in [1.165, 1.54) is 0 Å². The summed E-state index contributed by atoms with van der Waals surface area (Å²) in [6, 6.07) is 0. The maximum atomic E-state index is 5.66. The highest BCUT2D eigenvalue weighted by Crippen LogP contribution is 2.09. The Balaban J connectivity index is 2.00. The van der Waals surface area contributed by atoms with Crippen molar-refractivity contribution in [1.29, 1.82) is 0 Å². The number of nitrogens with one attached hydrogen (secondary N) is 1. The molecule has 0 atom stereocenters. The predicted molar refractivity (Wildman–Crippen MR) is 63.0 cm³/mol. The Morgan fingerprint density at radius 1 is 1.33 bits per heavy atom. The first-order valence-corrected chi connectivity index (χ1v) is 5.85. The van der Waals surface area contributed by atoms with Crippen LogP contribution in [0.4, 0.5) is 0 Å². The van der Waals surface area contributed by atoms with Crippen molar-refractivity contribution in [1.82, 2.24) is 10.2 Å². The van der Waals surface area contributed by atoms with Gasteiger partial charge in [0.15, 0.2) is 0 Å². The van der Waals surface area contributed by atoms with E-state index in [4.69, 9.17) is 10.5 Å². The molecule has 15 heavy (non-hydrogen) atoms. The van der Waals surface area contributed by atoms with Gasteiger partial charge >= 0.3 is 0 Å². The maximum absolute atomic E-state index is 5.66. The van der Waals surface area contributed by atoms with Crippen LogP contribution in [0.1, 0.15) is 13.8 Å². The molecule has 90 valence electrons. The van der Waals surface area contributed by atoms with Crippen LogP contribution in [0.25, 0.3) is 0 Å². The van der Waals surface area contributed by atoms with Crippen molar-refractivity contribution >= 4 is 0 Å². The molecule has 1 aliphatic rings. The van der Waals surface area contributed by atoms with Gasteiger partial charge in [-0.15, -0.1) is 0 Å². The second-order valence-electron chi connectivity index (χ2n) is 5.00. The van der Waals surface area contributed by atoms with Gasteiger partial charge in [-0.1, -0.05) is 13.8 Å². The molecular formula is C11H25N3O. The summed E-state index contributed by atoms with van der Waals surface area (Å²) in [7, 11) is 0. The zero-order valence-electron chi connectivity index (χ0n) is 10.1. The van der Waals surface area contributed by atoms with Crippen molar-refractivity contribution in [3.8, 4) is 0 Å². The number of nitrogens with zero attached hydrogens (tertiary/aromatic N) is 1. The molecule has 0 aliphatic carbocycles. The summed E-state index contributed by atoms with van der Waals surface area (Å²) in [5.41, 5.74) is 5.88. The zero-order valence-corrected chi connectivity index (χ0v) is 10.1. The van der Waals surface area contributed by atoms with Gasteiger partial charge < -0.3 is 15.8 Å². The lowest BCUT2D eigenvalue weighted by atomic mass is 9.94. The Bertz CT molecular complexity index is 167. The van der Waals surface area contributed by atoms with Crippen LogP contribution < -0.4 is 11.1 Å². The largest absolute Gasteiger partial charge is 0.379 e. The molecule has 1 rings (SSSR count). The second-order valence-corrected chi connectivity index (χ2v) is 5.00. The van der Waals surface area contributed by atoms with Crippen LogP contribution in [0.3, 0.4) is 0 Å². The number of hydrogen-bond donors (Lipinski definition) is 2. The summed E-state index contributed by atoms with van der Waals surface area (Å²) in [6.45, 7) is 12.2. The van der Waals surface area contributed by atoms with Crippen molar-refractivity contribution in [3.05, 3.63) is 0 Å². The third kappa shape index (κ3) is 5.47. The molecule has 0 spiro atoms. The lowest BCUT2D eigenvalue weighted by Crippen LogP contribution is -2.42. The van der Waals surface area contributed by atoms with Crippen LogP contribution >= 0.6 is 0 Å². The SMILES string of the molecule is CC(C)(CN)CNCCN1CCOCC1. The fourth-order valence-corrected chi connectivity index (χ4v) is 1.56. The molecule has 0 amide bonds. The Labute approximate surface area is 93.1 Å². The molecule has 0 saturated carbocycles. The first kappa shape index (κ1) is 12.9. The molecule has 4 nitrogen and oxygen atoms in total. The second kappa shape index (κ2) is 6.43. The van der Waals surface area contributed by atoms with Crippen LogP contribution in [-0.4, -0.2) is 57.4 Å². The normalized spacial score (nSPS) is 19.4. The molecule has 1 saturated heterocycles. The summed E-state index contributed by atoms with van der Waals surface area (Å²) in [6.07, 6.45) is 0. The zero-order chi connectivity index (χ0) is 11.1. The molecule has 4 heteroatoms. The summed E-state index contributed by atoms with van der Waals surface area (Å²) in [5.74, 6) is 0. The van der Waals surface area contributed by atoms with Crippen molar-refractivity contribution in [2.24, 2.45) is 11.1 Å². The van der Waals surface area contributed by atoms with Gasteiger partial charge in [0.05, 0.1) is 13.2 Å². The average molecular weight is 215 g/mol. The molecule has 0 bridgehead atoms. The van der Waals surface area contributed by atoms with E-state index in [0.717, 1.165) is 52.5 Å². The highest BCUT2D eigenvalue weighted by atomic mass is 16.5. The molecule has 1 fully saturated rings. The predicted octanol–water partition coefficient (Wildman–Crippen LogP) is -0.107. The molecule has 0 unspecified atom stereocenters. The monoisotopic (exact) mass is 215 g/mol. The smallest absolute Gasteiger partial charge is 0.0594 e. The Morgan fingerprint density at radius 2 is 2.00 bits per heavy atom. The molecule has 1 heterocycles. The van der Waals surface area contributed by atoms with Gasteiger partial charge in [0.2, 0.25) is 0 Å². The van der Waals surface area contributed by atoms with Crippen molar-refractivity contribution < 1.29 is 4.74 Å². The highest BCUT2D eigenvalue weighted by Gasteiger charge is 2.15. The number of ether oxygens (including phenoxy) is 1. The standard InChI is InChI=1S/C11H25N3O/c1-11(2,9-12)10-13-3-4-14-5-7-15-8-6-14/h13H,3-10,12H2,1-2H3. The third-order valence-electron chi connectivity index (χ3n) is 2.86. The van der Waals surface area contributed by atoms with E-state index in [-0.39, 0.29) is 5.41 Å². The number of hydrogen-bond acceptors (Lipinski definition) is 4. The van der Waals surface area contributed by atoms with Crippen LogP contribution in [0.15, 0.2) is 0 Å². The molecular weight excluding hydrogens is 190 g/mol. The van der Waals surface area contributed by atoms with Crippen LogP contribution in [0.2, 0.25) is 0 Å². The van der Waals surface area contributed by atoms with Crippen LogP contribution in [0, 0.1) is 5.41 Å². The van der Waals surface area contributed by atoms with Gasteiger partial charge in [-0.2, -0.15) is 0 Å². The van der Waals surface area contributed by atoms with Crippen LogP contribution in [-0.2, 0) is 4.74 Å².